The van der Waals surface area contributed by atoms with E-state index in [-0.39, 0.29) is 16.5 Å². The zero-order valence-electron chi connectivity index (χ0n) is 14.4. The maximum Gasteiger partial charge on any atom is 0.343 e. The molecular formula is C20H14Cl2O5. The highest BCUT2D eigenvalue weighted by Gasteiger charge is 2.22. The van der Waals surface area contributed by atoms with Crippen molar-refractivity contribution in [1.82, 2.24) is 0 Å². The molecule has 2 aromatic rings. The number of halogens is 2. The van der Waals surface area contributed by atoms with Crippen LogP contribution in [0.1, 0.15) is 18.1 Å². The van der Waals surface area contributed by atoms with E-state index < -0.39 is 11.9 Å². The summed E-state index contributed by atoms with van der Waals surface area (Å²) >= 11 is 12.1. The minimum Gasteiger partial charge on any atom is -0.493 e. The predicted molar refractivity (Wildman–Crippen MR) is 103 cm³/mol. The van der Waals surface area contributed by atoms with Crippen LogP contribution in [0.15, 0.2) is 48.0 Å². The van der Waals surface area contributed by atoms with Gasteiger partial charge in [-0.3, -0.25) is 4.79 Å². The number of benzene rings is 2. The Morgan fingerprint density at radius 2 is 1.85 bits per heavy atom. The molecule has 5 nitrogen and oxygen atoms in total. The second-order valence-corrected chi connectivity index (χ2v) is 6.48. The highest BCUT2D eigenvalue weighted by molar-refractivity contribution is 6.32. The third kappa shape index (κ3) is 4.32. The van der Waals surface area contributed by atoms with Crippen LogP contribution < -0.4 is 9.47 Å². The molecule has 0 N–H and O–H groups in total. The highest BCUT2D eigenvalue weighted by Crippen LogP contribution is 2.38. The van der Waals surface area contributed by atoms with Crippen molar-refractivity contribution in [2.24, 2.45) is 0 Å². The summed E-state index contributed by atoms with van der Waals surface area (Å²) in [5.41, 5.74) is 1.67. The molecule has 0 aliphatic carbocycles. The van der Waals surface area contributed by atoms with Crippen molar-refractivity contribution in [2.75, 3.05) is 7.11 Å². The number of carbonyl (C=O) groups is 2. The smallest absolute Gasteiger partial charge is 0.343 e. The monoisotopic (exact) mass is 404 g/mol. The summed E-state index contributed by atoms with van der Waals surface area (Å²) in [6.07, 6.45) is 3.24. The molecule has 0 amide bonds. The van der Waals surface area contributed by atoms with Crippen LogP contribution in [-0.4, -0.2) is 19.0 Å². The van der Waals surface area contributed by atoms with Gasteiger partial charge >= 0.3 is 11.9 Å². The van der Waals surface area contributed by atoms with Crippen molar-refractivity contribution < 1.29 is 23.8 Å². The minimum absolute atomic E-state index is 0.125. The Bertz CT molecular complexity index is 975. The van der Waals surface area contributed by atoms with Crippen LogP contribution in [0.3, 0.4) is 0 Å². The van der Waals surface area contributed by atoms with Crippen molar-refractivity contribution in [3.05, 3.63) is 69.2 Å². The van der Waals surface area contributed by atoms with Gasteiger partial charge in [-0.05, 0) is 54.1 Å². The molecule has 1 aliphatic rings. The molecular weight excluding hydrogens is 391 g/mol. The van der Waals surface area contributed by atoms with Gasteiger partial charge in [0.1, 0.15) is 5.76 Å². The third-order valence-electron chi connectivity index (χ3n) is 3.67. The van der Waals surface area contributed by atoms with Crippen molar-refractivity contribution >= 4 is 47.0 Å². The van der Waals surface area contributed by atoms with Gasteiger partial charge in [-0.2, -0.15) is 0 Å². The third-order valence-corrected chi connectivity index (χ3v) is 4.21. The average Bonchev–Trinajstić information content (AvgIpc) is 2.98. The van der Waals surface area contributed by atoms with Gasteiger partial charge in [-0.1, -0.05) is 23.2 Å². The van der Waals surface area contributed by atoms with Gasteiger partial charge in [0.15, 0.2) is 11.5 Å². The number of hydrogen-bond donors (Lipinski definition) is 0. The van der Waals surface area contributed by atoms with Crippen LogP contribution in [-0.2, 0) is 14.3 Å². The van der Waals surface area contributed by atoms with Crippen LogP contribution in [0.25, 0.3) is 11.8 Å². The van der Waals surface area contributed by atoms with E-state index in [1.165, 1.54) is 14.0 Å². The molecule has 3 rings (SSSR count). The second kappa shape index (κ2) is 7.86. The summed E-state index contributed by atoms with van der Waals surface area (Å²) in [7, 11) is 1.43. The fourth-order valence-electron chi connectivity index (χ4n) is 2.49. The quantitative estimate of drug-likeness (QED) is 0.411. The van der Waals surface area contributed by atoms with Gasteiger partial charge in [-0.15, -0.1) is 0 Å². The van der Waals surface area contributed by atoms with Crippen molar-refractivity contribution in [3.63, 3.8) is 0 Å². The van der Waals surface area contributed by atoms with Crippen molar-refractivity contribution in [2.45, 2.75) is 6.92 Å². The van der Waals surface area contributed by atoms with Gasteiger partial charge in [-0.25, -0.2) is 4.79 Å². The van der Waals surface area contributed by atoms with E-state index in [1.54, 1.807) is 48.6 Å². The van der Waals surface area contributed by atoms with Crippen molar-refractivity contribution in [3.8, 4) is 11.5 Å². The van der Waals surface area contributed by atoms with Gasteiger partial charge in [0.05, 0.1) is 17.7 Å². The lowest BCUT2D eigenvalue weighted by atomic mass is 10.1. The van der Waals surface area contributed by atoms with E-state index in [0.717, 1.165) is 5.56 Å². The van der Waals surface area contributed by atoms with Crippen LogP contribution in [0, 0.1) is 0 Å². The summed E-state index contributed by atoms with van der Waals surface area (Å²) in [6, 6.07) is 10.1. The molecule has 0 spiro atoms. The fraction of sp³-hybridized carbons (Fsp3) is 0.100. The first-order chi connectivity index (χ1) is 12.9. The molecule has 27 heavy (non-hydrogen) atoms. The summed E-state index contributed by atoms with van der Waals surface area (Å²) in [6.45, 7) is 1.27. The maximum absolute atomic E-state index is 12.2. The van der Waals surface area contributed by atoms with Gasteiger partial charge < -0.3 is 14.2 Å². The molecule has 0 unspecified atom stereocenters. The molecule has 0 radical (unpaired) electrons. The molecule has 0 bridgehead atoms. The Hall–Kier alpha value is -2.76. The lowest BCUT2D eigenvalue weighted by molar-refractivity contribution is -0.132. The van der Waals surface area contributed by atoms with Gasteiger partial charge in [0, 0.05) is 17.5 Å². The summed E-state index contributed by atoms with van der Waals surface area (Å²) in [5.74, 6) is -0.175. The van der Waals surface area contributed by atoms with Crippen LogP contribution >= 0.6 is 23.2 Å². The summed E-state index contributed by atoms with van der Waals surface area (Å²) in [5, 5.41) is 0.777. The molecule has 0 atom stereocenters. The van der Waals surface area contributed by atoms with E-state index in [0.29, 0.717) is 21.9 Å². The molecule has 138 valence electrons. The van der Waals surface area contributed by atoms with Crippen LogP contribution in [0.5, 0.6) is 11.5 Å². The van der Waals surface area contributed by atoms with E-state index in [9.17, 15) is 9.59 Å². The Kier molecular flexibility index (Phi) is 5.54. The Morgan fingerprint density at radius 3 is 2.48 bits per heavy atom. The van der Waals surface area contributed by atoms with E-state index in [4.69, 9.17) is 37.4 Å². The molecule has 0 fully saturated rings. The van der Waals surface area contributed by atoms with Crippen LogP contribution in [0.2, 0.25) is 10.0 Å². The minimum atomic E-state index is -0.517. The first-order valence-corrected chi connectivity index (χ1v) is 8.60. The second-order valence-electron chi connectivity index (χ2n) is 5.63. The normalized spacial score (nSPS) is 14.7. The number of hydrogen-bond acceptors (Lipinski definition) is 5. The van der Waals surface area contributed by atoms with Gasteiger partial charge in [0.2, 0.25) is 0 Å². The SMILES string of the molecule is COc1cc(/C=C2/C=C(c3ccc(Cl)cc3)OC2=O)cc(Cl)c1OC(C)=O. The molecule has 7 heteroatoms. The van der Waals surface area contributed by atoms with E-state index in [1.807, 2.05) is 0 Å². The molecule has 2 aromatic carbocycles. The van der Waals surface area contributed by atoms with Gasteiger partial charge in [0.25, 0.3) is 0 Å². The van der Waals surface area contributed by atoms with Crippen molar-refractivity contribution in [1.29, 1.82) is 0 Å². The lowest BCUT2D eigenvalue weighted by Crippen LogP contribution is -2.04. The number of esters is 2. The first-order valence-electron chi connectivity index (χ1n) is 7.85. The molecule has 0 aromatic heterocycles. The summed E-state index contributed by atoms with van der Waals surface area (Å²) < 4.78 is 15.6. The molecule has 1 aliphatic heterocycles. The number of methoxy groups -OCH3 is 1. The largest absolute Gasteiger partial charge is 0.493 e. The maximum atomic E-state index is 12.2. The first kappa shape index (κ1) is 19.0. The predicted octanol–water partition coefficient (Wildman–Crippen LogP) is 4.91. The zero-order chi connectivity index (χ0) is 19.6. The number of carbonyl (C=O) groups excluding carboxylic acids is 2. The van der Waals surface area contributed by atoms with Crippen LogP contribution in [0.4, 0.5) is 0 Å². The fourth-order valence-corrected chi connectivity index (χ4v) is 2.87. The zero-order valence-corrected chi connectivity index (χ0v) is 15.9. The molecule has 1 heterocycles. The van der Waals surface area contributed by atoms with E-state index in [2.05, 4.69) is 0 Å². The van der Waals surface area contributed by atoms with E-state index >= 15 is 0 Å². The molecule has 0 saturated heterocycles. The number of cyclic esters (lactones) is 1. The Balaban J connectivity index is 1.96. The Morgan fingerprint density at radius 1 is 1.15 bits per heavy atom. The number of ether oxygens (including phenoxy) is 3. The molecule has 0 saturated carbocycles. The standard InChI is InChI=1S/C20H14Cl2O5/c1-11(23)26-19-16(22)8-12(9-18(19)25-2)7-14-10-17(27-20(14)24)13-3-5-15(21)6-4-13/h3-10H,1-2H3/b14-7-. The summed E-state index contributed by atoms with van der Waals surface area (Å²) in [4.78, 5) is 23.4. The topological polar surface area (TPSA) is 61.8 Å². The number of rotatable bonds is 4. The lowest BCUT2D eigenvalue weighted by Gasteiger charge is -2.11. The average molecular weight is 405 g/mol. The highest BCUT2D eigenvalue weighted by atomic mass is 35.5. The Labute approximate surface area is 165 Å².